The zero-order valence-corrected chi connectivity index (χ0v) is 18.0. The Morgan fingerprint density at radius 3 is 2.81 bits per heavy atom. The topological polar surface area (TPSA) is 91.4 Å². The largest absolute Gasteiger partial charge is 0.497 e. The molecule has 0 aliphatic carbocycles. The number of carbonyl (C=O) groups is 2. The lowest BCUT2D eigenvalue weighted by molar-refractivity contribution is -0.125. The fourth-order valence-corrected chi connectivity index (χ4v) is 4.36. The molecule has 2 aliphatic heterocycles. The number of aromatic nitrogens is 3. The third-order valence-corrected chi connectivity index (χ3v) is 5.98. The summed E-state index contributed by atoms with van der Waals surface area (Å²) in [5.41, 5.74) is 3.82. The van der Waals surface area contributed by atoms with Gasteiger partial charge >= 0.3 is 0 Å². The van der Waals surface area contributed by atoms with Gasteiger partial charge in [0.25, 0.3) is 5.91 Å². The molecule has 5 rings (SSSR count). The highest BCUT2D eigenvalue weighted by Gasteiger charge is 2.36. The first-order valence-electron chi connectivity index (χ1n) is 10.1. The molecule has 1 aromatic heterocycles. The van der Waals surface area contributed by atoms with Crippen LogP contribution in [0.3, 0.4) is 0 Å². The van der Waals surface area contributed by atoms with E-state index in [0.717, 1.165) is 16.7 Å². The minimum Gasteiger partial charge on any atom is -0.497 e. The van der Waals surface area contributed by atoms with E-state index in [9.17, 15) is 9.59 Å². The van der Waals surface area contributed by atoms with Gasteiger partial charge in [-0.2, -0.15) is 15.4 Å². The van der Waals surface area contributed by atoms with Gasteiger partial charge in [0.1, 0.15) is 16.8 Å². The lowest BCUT2D eigenvalue weighted by Gasteiger charge is -2.19. The van der Waals surface area contributed by atoms with E-state index in [-0.39, 0.29) is 17.7 Å². The van der Waals surface area contributed by atoms with Crippen molar-refractivity contribution in [3.8, 4) is 5.75 Å². The van der Waals surface area contributed by atoms with Crippen molar-refractivity contribution in [1.82, 2.24) is 25.2 Å². The third kappa shape index (κ3) is 3.85. The number of nitrogens with one attached hydrogen (secondary N) is 1. The van der Waals surface area contributed by atoms with Crippen LogP contribution in [0.4, 0.5) is 0 Å². The molecule has 3 aromatic rings. The number of methoxy groups -OCH3 is 1. The smallest absolute Gasteiger partial charge is 0.257 e. The zero-order valence-electron chi connectivity index (χ0n) is 17.3. The van der Waals surface area contributed by atoms with Crippen molar-refractivity contribution < 1.29 is 14.3 Å². The van der Waals surface area contributed by atoms with Gasteiger partial charge in [0, 0.05) is 48.4 Å². The molecule has 0 saturated carbocycles. The molecule has 32 heavy (non-hydrogen) atoms. The minimum atomic E-state index is -0.0792. The molecule has 3 heterocycles. The molecule has 1 N–H and O–H groups in total. The Kier molecular flexibility index (Phi) is 5.14. The predicted molar refractivity (Wildman–Crippen MR) is 120 cm³/mol. The molecule has 1 atom stereocenters. The van der Waals surface area contributed by atoms with Gasteiger partial charge in [-0.1, -0.05) is 11.6 Å². The van der Waals surface area contributed by atoms with Crippen molar-refractivity contribution in [3.05, 3.63) is 70.4 Å². The number of ether oxygens (including phenoxy) is 1. The van der Waals surface area contributed by atoms with E-state index in [2.05, 4.69) is 15.4 Å². The van der Waals surface area contributed by atoms with Gasteiger partial charge in [-0.3, -0.25) is 9.59 Å². The maximum absolute atomic E-state index is 12.9. The minimum absolute atomic E-state index is 0.0754. The first-order valence-corrected chi connectivity index (χ1v) is 10.5. The number of fused-ring (bicyclic) bond motifs is 2. The Bertz CT molecular complexity index is 1280. The summed E-state index contributed by atoms with van der Waals surface area (Å²) in [6.07, 6.45) is 5.15. The number of halogens is 1. The van der Waals surface area contributed by atoms with E-state index in [0.29, 0.717) is 41.5 Å². The van der Waals surface area contributed by atoms with Crippen molar-refractivity contribution in [2.75, 3.05) is 26.7 Å². The molecule has 1 fully saturated rings. The lowest BCUT2D eigenvalue weighted by atomic mass is 10.1. The van der Waals surface area contributed by atoms with Gasteiger partial charge in [-0.15, -0.1) is 0 Å². The van der Waals surface area contributed by atoms with Gasteiger partial charge in [-0.25, -0.2) is 0 Å². The van der Waals surface area contributed by atoms with Gasteiger partial charge in [0.2, 0.25) is 5.91 Å². The van der Waals surface area contributed by atoms with Crippen LogP contribution in [-0.2, 0) is 4.79 Å². The maximum atomic E-state index is 12.9. The summed E-state index contributed by atoms with van der Waals surface area (Å²) in [6.45, 7) is 1.66. The van der Waals surface area contributed by atoms with Crippen LogP contribution < -0.4 is 4.74 Å². The van der Waals surface area contributed by atoms with Crippen LogP contribution in [0.2, 0.25) is 5.02 Å². The van der Waals surface area contributed by atoms with Crippen molar-refractivity contribution in [1.29, 1.82) is 0 Å². The molecule has 0 spiro atoms. The molecule has 2 aromatic carbocycles. The normalized spacial score (nSPS) is 17.8. The van der Waals surface area contributed by atoms with Crippen molar-refractivity contribution >= 4 is 40.5 Å². The Balaban J connectivity index is 1.24. The van der Waals surface area contributed by atoms with Gasteiger partial charge in [0.15, 0.2) is 0 Å². The van der Waals surface area contributed by atoms with Crippen molar-refractivity contribution in [3.63, 3.8) is 0 Å². The molecular weight excluding hydrogens is 430 g/mol. The van der Waals surface area contributed by atoms with E-state index in [4.69, 9.17) is 16.3 Å². The monoisotopic (exact) mass is 449 g/mol. The molecule has 9 heteroatoms. The second kappa shape index (κ2) is 8.12. The molecule has 2 amide bonds. The van der Waals surface area contributed by atoms with Crippen LogP contribution in [0.5, 0.6) is 5.75 Å². The number of likely N-dealkylation sites (tertiary alicyclic amines) is 1. The summed E-state index contributed by atoms with van der Waals surface area (Å²) in [5.74, 6) is 0.634. The number of nitrogens with zero attached hydrogens (tertiary/aromatic N) is 4. The Morgan fingerprint density at radius 2 is 2.00 bits per heavy atom. The Morgan fingerprint density at radius 1 is 1.16 bits per heavy atom. The van der Waals surface area contributed by atoms with Gasteiger partial charge in [-0.05, 0) is 53.6 Å². The van der Waals surface area contributed by atoms with E-state index in [1.165, 1.54) is 0 Å². The second-order valence-corrected chi connectivity index (χ2v) is 8.30. The van der Waals surface area contributed by atoms with E-state index in [1.807, 2.05) is 12.3 Å². The van der Waals surface area contributed by atoms with Crippen molar-refractivity contribution in [2.45, 2.75) is 0 Å². The number of amides is 2. The van der Waals surface area contributed by atoms with Crippen LogP contribution in [0, 0.1) is 5.92 Å². The van der Waals surface area contributed by atoms with Crippen LogP contribution in [0.15, 0.2) is 54.2 Å². The van der Waals surface area contributed by atoms with Crippen LogP contribution >= 0.6 is 11.6 Å². The molecule has 0 radical (unpaired) electrons. The molecule has 0 unspecified atom stereocenters. The van der Waals surface area contributed by atoms with Gasteiger partial charge in [0.05, 0.1) is 7.11 Å². The summed E-state index contributed by atoms with van der Waals surface area (Å²) in [5, 5.41) is 11.2. The number of hydrogen-bond donors (Lipinski definition) is 1. The highest BCUT2D eigenvalue weighted by molar-refractivity contribution is 6.30. The second-order valence-electron chi connectivity index (χ2n) is 7.86. The molecular formula is C23H20ClN5O3. The quantitative estimate of drug-likeness (QED) is 0.618. The first-order chi connectivity index (χ1) is 15.5. The number of hydrogen-bond acceptors (Lipinski definition) is 5. The standard InChI is InChI=1S/C23H20ClN5O3/c1-32-19-7-14(6-18(24)9-19)2-5-22(30)28-10-16-12-29(13-17(16)11-28)23(31)15-3-4-20-21(8-15)26-27-25-20/h2-9,12,17H,10-11,13H2,1H3,(H,25,26,27)/b5-2+/t17-/m1/s1. The summed E-state index contributed by atoms with van der Waals surface area (Å²) < 4.78 is 5.21. The summed E-state index contributed by atoms with van der Waals surface area (Å²) in [6, 6.07) is 10.6. The number of H-pyrrole nitrogens is 1. The molecule has 1 saturated heterocycles. The summed E-state index contributed by atoms with van der Waals surface area (Å²) in [4.78, 5) is 29.1. The highest BCUT2D eigenvalue weighted by atomic mass is 35.5. The van der Waals surface area contributed by atoms with E-state index < -0.39 is 0 Å². The Labute approximate surface area is 189 Å². The molecule has 8 nitrogen and oxygen atoms in total. The van der Waals surface area contributed by atoms with Crippen LogP contribution in [0.1, 0.15) is 15.9 Å². The molecule has 0 bridgehead atoms. The fraction of sp³-hybridized carbons (Fsp3) is 0.217. The number of benzene rings is 2. The van der Waals surface area contributed by atoms with Crippen molar-refractivity contribution in [2.24, 2.45) is 5.92 Å². The highest BCUT2D eigenvalue weighted by Crippen LogP contribution is 2.31. The number of aromatic amines is 1. The molecule has 162 valence electrons. The lowest BCUT2D eigenvalue weighted by Crippen LogP contribution is -2.32. The Hall–Kier alpha value is -3.65. The number of rotatable bonds is 4. The van der Waals surface area contributed by atoms with Crippen LogP contribution in [-0.4, -0.2) is 63.8 Å². The van der Waals surface area contributed by atoms with E-state index in [1.54, 1.807) is 59.4 Å². The average Bonchev–Trinajstić information content (AvgIpc) is 3.50. The first kappa shape index (κ1) is 20.3. The third-order valence-electron chi connectivity index (χ3n) is 5.76. The van der Waals surface area contributed by atoms with Crippen LogP contribution in [0.25, 0.3) is 17.1 Å². The summed E-state index contributed by atoms with van der Waals surface area (Å²) >= 11 is 6.09. The number of carbonyl (C=O) groups excluding carboxylic acids is 2. The summed E-state index contributed by atoms with van der Waals surface area (Å²) in [7, 11) is 1.57. The van der Waals surface area contributed by atoms with Gasteiger partial charge < -0.3 is 14.5 Å². The maximum Gasteiger partial charge on any atom is 0.257 e. The zero-order chi connectivity index (χ0) is 22.2. The van der Waals surface area contributed by atoms with E-state index >= 15 is 0 Å². The average molecular weight is 450 g/mol. The molecule has 2 aliphatic rings. The fourth-order valence-electron chi connectivity index (χ4n) is 4.13. The SMILES string of the molecule is COc1cc(Cl)cc(/C=C/C(=O)N2CC3=CN(C(=O)c4ccc5n[nH]nc5c4)C[C@H]3C2)c1. The predicted octanol–water partition coefficient (Wildman–Crippen LogP) is 3.13.